The lowest BCUT2D eigenvalue weighted by Crippen LogP contribution is -2.35. The number of carbonyl (C=O) groups is 2. The zero-order valence-electron chi connectivity index (χ0n) is 18.8. The highest BCUT2D eigenvalue weighted by molar-refractivity contribution is 6.03. The van der Waals surface area contributed by atoms with Crippen molar-refractivity contribution >= 4 is 11.8 Å². The van der Waals surface area contributed by atoms with Crippen LogP contribution in [0, 0.1) is 0 Å². The first-order valence-corrected chi connectivity index (χ1v) is 10.9. The van der Waals surface area contributed by atoms with Crippen LogP contribution in [-0.4, -0.2) is 18.9 Å². The number of hydrogen-bond acceptors (Lipinski definition) is 5. The summed E-state index contributed by atoms with van der Waals surface area (Å²) >= 11 is 0. The number of rotatable bonds is 5. The SMILES string of the molecule is COc1ccc(COC(=O)C2=C(C)NC3=C(C(=O)CCC3)[C@H]2c2ccccc2C(F)(F)F)cc1. The molecular formula is C26H24F3NO4. The Hall–Kier alpha value is -3.55. The van der Waals surface area contributed by atoms with E-state index >= 15 is 0 Å². The molecule has 0 bridgehead atoms. The minimum Gasteiger partial charge on any atom is -0.497 e. The van der Waals surface area contributed by atoms with E-state index in [1.54, 1.807) is 31.2 Å². The van der Waals surface area contributed by atoms with Gasteiger partial charge in [0.05, 0.1) is 18.2 Å². The molecule has 2 aliphatic rings. The van der Waals surface area contributed by atoms with E-state index in [0.717, 1.165) is 6.07 Å². The van der Waals surface area contributed by atoms with Gasteiger partial charge in [-0.3, -0.25) is 4.79 Å². The van der Waals surface area contributed by atoms with E-state index in [2.05, 4.69) is 5.32 Å². The van der Waals surface area contributed by atoms with Crippen molar-refractivity contribution in [3.8, 4) is 5.75 Å². The number of esters is 1. The Kier molecular flexibility index (Phi) is 6.50. The number of carbonyl (C=O) groups excluding carboxylic acids is 2. The summed E-state index contributed by atoms with van der Waals surface area (Å²) in [6.07, 6.45) is -3.30. The number of benzene rings is 2. The van der Waals surface area contributed by atoms with E-state index < -0.39 is 23.6 Å². The Balaban J connectivity index is 1.74. The van der Waals surface area contributed by atoms with Crippen molar-refractivity contribution < 1.29 is 32.2 Å². The van der Waals surface area contributed by atoms with Gasteiger partial charge in [0, 0.05) is 29.3 Å². The summed E-state index contributed by atoms with van der Waals surface area (Å²) in [5, 5.41) is 3.09. The van der Waals surface area contributed by atoms with E-state index in [9.17, 15) is 22.8 Å². The van der Waals surface area contributed by atoms with Crippen LogP contribution < -0.4 is 10.1 Å². The van der Waals surface area contributed by atoms with Gasteiger partial charge in [0.15, 0.2) is 5.78 Å². The lowest BCUT2D eigenvalue weighted by atomic mass is 9.74. The third-order valence-corrected chi connectivity index (χ3v) is 6.10. The molecule has 0 unspecified atom stereocenters. The van der Waals surface area contributed by atoms with E-state index in [4.69, 9.17) is 9.47 Å². The number of Topliss-reactive ketones (excluding diaryl/α,β-unsaturated/α-hetero) is 1. The maximum atomic E-state index is 13.9. The molecule has 0 aromatic heterocycles. The fourth-order valence-electron chi connectivity index (χ4n) is 4.52. The van der Waals surface area contributed by atoms with Crippen LogP contribution in [0.1, 0.15) is 48.8 Å². The van der Waals surface area contributed by atoms with Crippen molar-refractivity contribution in [1.82, 2.24) is 5.32 Å². The number of alkyl halides is 3. The average molecular weight is 471 g/mol. The Morgan fingerprint density at radius 3 is 2.47 bits per heavy atom. The number of allylic oxidation sites excluding steroid dienone is 3. The van der Waals surface area contributed by atoms with Crippen molar-refractivity contribution in [2.24, 2.45) is 0 Å². The fourth-order valence-corrected chi connectivity index (χ4v) is 4.52. The number of nitrogens with one attached hydrogen (secondary N) is 1. The molecule has 34 heavy (non-hydrogen) atoms. The summed E-state index contributed by atoms with van der Waals surface area (Å²) < 4.78 is 52.4. The van der Waals surface area contributed by atoms with Gasteiger partial charge in [-0.25, -0.2) is 4.79 Å². The molecule has 1 aliphatic heterocycles. The summed E-state index contributed by atoms with van der Waals surface area (Å²) in [6.45, 7) is 1.54. The van der Waals surface area contributed by atoms with Gasteiger partial charge in [-0.1, -0.05) is 30.3 Å². The standard InChI is InChI=1S/C26H24F3NO4/c1-15-22(25(32)34-14-16-10-12-17(33-2)13-11-16)23(24-20(30-15)8-5-9-21(24)31)18-6-3-4-7-19(18)26(27,28)29/h3-4,6-7,10-13,23,30H,5,8-9,14H2,1-2H3/t23-/m0/s1. The van der Waals surface area contributed by atoms with Gasteiger partial charge in [0.25, 0.3) is 0 Å². The van der Waals surface area contributed by atoms with Crippen LogP contribution in [0.5, 0.6) is 5.75 Å². The minimum atomic E-state index is -4.65. The molecule has 1 atom stereocenters. The number of methoxy groups -OCH3 is 1. The lowest BCUT2D eigenvalue weighted by Gasteiger charge is -2.35. The second-order valence-electron chi connectivity index (χ2n) is 8.27. The smallest absolute Gasteiger partial charge is 0.416 e. The molecule has 0 fully saturated rings. The topological polar surface area (TPSA) is 64.6 Å². The molecule has 0 spiro atoms. The molecule has 1 N–H and O–H groups in total. The molecule has 2 aromatic rings. The van der Waals surface area contributed by atoms with Crippen molar-refractivity contribution in [2.45, 2.75) is 44.9 Å². The molecule has 1 aliphatic carbocycles. The number of hydrogen-bond donors (Lipinski definition) is 1. The minimum absolute atomic E-state index is 0.0132. The number of halogens is 3. The monoisotopic (exact) mass is 471 g/mol. The van der Waals surface area contributed by atoms with Gasteiger partial charge < -0.3 is 14.8 Å². The summed E-state index contributed by atoms with van der Waals surface area (Å²) in [6, 6.07) is 12.0. The predicted molar refractivity (Wildman–Crippen MR) is 119 cm³/mol. The Morgan fingerprint density at radius 1 is 1.09 bits per heavy atom. The molecule has 0 saturated carbocycles. The second-order valence-corrected chi connectivity index (χ2v) is 8.27. The molecule has 2 aromatic carbocycles. The molecule has 8 heteroatoms. The van der Waals surface area contributed by atoms with Crippen molar-refractivity contribution in [2.75, 3.05) is 7.11 Å². The molecule has 4 rings (SSSR count). The quantitative estimate of drug-likeness (QED) is 0.590. The summed E-state index contributed by atoms with van der Waals surface area (Å²) in [7, 11) is 1.54. The van der Waals surface area contributed by atoms with Gasteiger partial charge in [-0.05, 0) is 49.1 Å². The highest BCUT2D eigenvalue weighted by Crippen LogP contribution is 2.46. The highest BCUT2D eigenvalue weighted by atomic mass is 19.4. The van der Waals surface area contributed by atoms with E-state index in [0.29, 0.717) is 35.5 Å². The van der Waals surface area contributed by atoms with Crippen LogP contribution >= 0.6 is 0 Å². The Morgan fingerprint density at radius 2 is 1.79 bits per heavy atom. The fraction of sp³-hybridized carbons (Fsp3) is 0.308. The third-order valence-electron chi connectivity index (χ3n) is 6.10. The number of ether oxygens (including phenoxy) is 2. The van der Waals surface area contributed by atoms with E-state index in [-0.39, 0.29) is 35.5 Å². The molecule has 5 nitrogen and oxygen atoms in total. The molecule has 0 radical (unpaired) electrons. The largest absolute Gasteiger partial charge is 0.497 e. The first kappa shape index (κ1) is 23.6. The average Bonchev–Trinajstić information content (AvgIpc) is 2.81. The van der Waals surface area contributed by atoms with Crippen LogP contribution in [0.15, 0.2) is 71.1 Å². The Labute approximate surface area is 195 Å². The van der Waals surface area contributed by atoms with Gasteiger partial charge >= 0.3 is 12.1 Å². The van der Waals surface area contributed by atoms with Crippen LogP contribution in [0.4, 0.5) is 13.2 Å². The first-order chi connectivity index (χ1) is 16.2. The Bertz CT molecular complexity index is 1180. The summed E-state index contributed by atoms with van der Waals surface area (Å²) in [5.74, 6) is -1.55. The number of ketones is 1. The summed E-state index contributed by atoms with van der Waals surface area (Å²) in [4.78, 5) is 26.2. The van der Waals surface area contributed by atoms with Crippen LogP contribution in [0.2, 0.25) is 0 Å². The maximum Gasteiger partial charge on any atom is 0.416 e. The third kappa shape index (κ3) is 4.58. The molecular weight excluding hydrogens is 447 g/mol. The van der Waals surface area contributed by atoms with E-state index in [1.165, 1.54) is 25.3 Å². The zero-order chi connectivity index (χ0) is 24.5. The van der Waals surface area contributed by atoms with Crippen molar-refractivity contribution in [1.29, 1.82) is 0 Å². The lowest BCUT2D eigenvalue weighted by molar-refractivity contribution is -0.142. The normalized spacial score (nSPS) is 18.4. The van der Waals surface area contributed by atoms with Gasteiger partial charge in [0.2, 0.25) is 0 Å². The predicted octanol–water partition coefficient (Wildman–Crippen LogP) is 5.43. The molecule has 1 heterocycles. The maximum absolute atomic E-state index is 13.9. The summed E-state index contributed by atoms with van der Waals surface area (Å²) in [5.41, 5.74) is 0.870. The van der Waals surface area contributed by atoms with E-state index in [1.807, 2.05) is 0 Å². The van der Waals surface area contributed by atoms with Gasteiger partial charge in [-0.15, -0.1) is 0 Å². The molecule has 0 saturated heterocycles. The van der Waals surface area contributed by atoms with Crippen LogP contribution in [0.3, 0.4) is 0 Å². The second kappa shape index (κ2) is 9.37. The van der Waals surface area contributed by atoms with Crippen molar-refractivity contribution in [3.63, 3.8) is 0 Å². The van der Waals surface area contributed by atoms with Gasteiger partial charge in [-0.2, -0.15) is 13.2 Å². The van der Waals surface area contributed by atoms with Gasteiger partial charge in [0.1, 0.15) is 12.4 Å². The first-order valence-electron chi connectivity index (χ1n) is 10.9. The zero-order valence-corrected chi connectivity index (χ0v) is 18.8. The van der Waals surface area contributed by atoms with Crippen molar-refractivity contribution in [3.05, 3.63) is 87.8 Å². The van der Waals surface area contributed by atoms with Crippen LogP contribution in [0.25, 0.3) is 0 Å². The molecule has 178 valence electrons. The highest BCUT2D eigenvalue weighted by Gasteiger charge is 2.43. The number of dihydropyridines is 1. The van der Waals surface area contributed by atoms with Crippen LogP contribution in [-0.2, 0) is 27.1 Å². The molecule has 0 amide bonds.